The van der Waals surface area contributed by atoms with Gasteiger partial charge in [0.2, 0.25) is 0 Å². The lowest BCUT2D eigenvalue weighted by atomic mass is 10.2. The van der Waals surface area contributed by atoms with Crippen LogP contribution in [-0.4, -0.2) is 19.0 Å². The summed E-state index contributed by atoms with van der Waals surface area (Å²) < 4.78 is 16.0. The Morgan fingerprint density at radius 2 is 2.11 bits per heavy atom. The second kappa shape index (κ2) is 5.91. The fourth-order valence-electron chi connectivity index (χ4n) is 1.58. The summed E-state index contributed by atoms with van der Waals surface area (Å²) in [5, 5.41) is 1.68. The monoisotopic (exact) mass is 312 g/mol. The standard InChI is InChI=1S/C13H13BrO4/c1-16-11-7-9-3-4-13(15)18-10(9)8-12(11)17-6-2-5-14/h3-4,7-8H,2,5-6H2,1H3. The molecule has 0 saturated carbocycles. The summed E-state index contributed by atoms with van der Waals surface area (Å²) >= 11 is 3.34. The molecule has 0 aliphatic heterocycles. The number of ether oxygens (including phenoxy) is 2. The van der Waals surface area contributed by atoms with Crippen LogP contribution in [0, 0.1) is 0 Å². The van der Waals surface area contributed by atoms with Crippen LogP contribution in [0.25, 0.3) is 11.0 Å². The van der Waals surface area contributed by atoms with E-state index in [0.29, 0.717) is 23.7 Å². The molecular weight excluding hydrogens is 300 g/mol. The third kappa shape index (κ3) is 2.85. The van der Waals surface area contributed by atoms with E-state index in [-0.39, 0.29) is 5.63 Å². The zero-order valence-corrected chi connectivity index (χ0v) is 11.5. The minimum Gasteiger partial charge on any atom is -0.493 e. The highest BCUT2D eigenvalue weighted by Crippen LogP contribution is 2.31. The van der Waals surface area contributed by atoms with Crippen LogP contribution in [0.15, 0.2) is 33.5 Å². The minimum atomic E-state index is -0.376. The predicted octanol–water partition coefficient (Wildman–Crippen LogP) is 2.97. The Hall–Kier alpha value is -1.49. The number of alkyl halides is 1. The van der Waals surface area contributed by atoms with Crippen LogP contribution in [-0.2, 0) is 0 Å². The Bertz CT molecular complexity index is 591. The molecule has 0 amide bonds. The van der Waals surface area contributed by atoms with Crippen LogP contribution in [0.1, 0.15) is 6.42 Å². The average Bonchev–Trinajstić information content (AvgIpc) is 2.38. The fraction of sp³-hybridized carbons (Fsp3) is 0.308. The van der Waals surface area contributed by atoms with Crippen molar-refractivity contribution in [3.63, 3.8) is 0 Å². The van der Waals surface area contributed by atoms with Crippen molar-refractivity contribution < 1.29 is 13.9 Å². The van der Waals surface area contributed by atoms with E-state index >= 15 is 0 Å². The van der Waals surface area contributed by atoms with Gasteiger partial charge in [-0.15, -0.1) is 0 Å². The first-order chi connectivity index (χ1) is 8.74. The van der Waals surface area contributed by atoms with Crippen molar-refractivity contribution >= 4 is 26.9 Å². The first-order valence-corrected chi connectivity index (χ1v) is 6.67. The highest BCUT2D eigenvalue weighted by atomic mass is 79.9. The third-order valence-electron chi connectivity index (χ3n) is 2.44. The van der Waals surface area contributed by atoms with Crippen LogP contribution >= 0.6 is 15.9 Å². The Labute approximate surface area is 113 Å². The number of hydrogen-bond acceptors (Lipinski definition) is 4. The maximum absolute atomic E-state index is 11.2. The van der Waals surface area contributed by atoms with Crippen molar-refractivity contribution in [2.75, 3.05) is 19.0 Å². The molecule has 0 aliphatic carbocycles. The van der Waals surface area contributed by atoms with Crippen LogP contribution in [0.3, 0.4) is 0 Å². The summed E-state index contributed by atoms with van der Waals surface area (Å²) in [4.78, 5) is 11.2. The molecule has 0 fully saturated rings. The molecule has 0 unspecified atom stereocenters. The van der Waals surface area contributed by atoms with Crippen molar-refractivity contribution in [2.24, 2.45) is 0 Å². The van der Waals surface area contributed by atoms with Gasteiger partial charge in [-0.25, -0.2) is 4.79 Å². The highest BCUT2D eigenvalue weighted by molar-refractivity contribution is 9.09. The summed E-state index contributed by atoms with van der Waals surface area (Å²) in [6.45, 7) is 0.574. The molecule has 0 N–H and O–H groups in total. The SMILES string of the molecule is COc1cc2ccc(=O)oc2cc1OCCCBr. The average molecular weight is 313 g/mol. The molecule has 2 aromatic rings. The van der Waals surface area contributed by atoms with E-state index in [1.165, 1.54) is 6.07 Å². The Balaban J connectivity index is 2.40. The summed E-state index contributed by atoms with van der Waals surface area (Å²) in [7, 11) is 1.58. The largest absolute Gasteiger partial charge is 0.493 e. The summed E-state index contributed by atoms with van der Waals surface area (Å²) in [6.07, 6.45) is 0.889. The number of fused-ring (bicyclic) bond motifs is 1. The normalized spacial score (nSPS) is 10.6. The number of rotatable bonds is 5. The first kappa shape index (κ1) is 13.0. The lowest BCUT2D eigenvalue weighted by Gasteiger charge is -2.10. The maximum atomic E-state index is 11.2. The smallest absolute Gasteiger partial charge is 0.336 e. The van der Waals surface area contributed by atoms with Gasteiger partial charge in [0.05, 0.1) is 13.7 Å². The first-order valence-electron chi connectivity index (χ1n) is 5.55. The Morgan fingerprint density at radius 1 is 1.28 bits per heavy atom. The summed E-state index contributed by atoms with van der Waals surface area (Å²) in [5.41, 5.74) is 0.121. The molecule has 18 heavy (non-hydrogen) atoms. The van der Waals surface area contributed by atoms with E-state index in [2.05, 4.69) is 15.9 Å². The van der Waals surface area contributed by atoms with E-state index in [1.807, 2.05) is 0 Å². The number of benzene rings is 1. The predicted molar refractivity (Wildman–Crippen MR) is 72.9 cm³/mol. The number of methoxy groups -OCH3 is 1. The van der Waals surface area contributed by atoms with Crippen LogP contribution in [0.2, 0.25) is 0 Å². The van der Waals surface area contributed by atoms with Crippen molar-refractivity contribution in [3.05, 3.63) is 34.7 Å². The van der Waals surface area contributed by atoms with Crippen LogP contribution < -0.4 is 15.1 Å². The topological polar surface area (TPSA) is 48.7 Å². The molecule has 1 aromatic carbocycles. The van der Waals surface area contributed by atoms with Gasteiger partial charge in [-0.05, 0) is 18.6 Å². The van der Waals surface area contributed by atoms with Crippen molar-refractivity contribution in [2.45, 2.75) is 6.42 Å². The van der Waals surface area contributed by atoms with E-state index in [4.69, 9.17) is 13.9 Å². The lowest BCUT2D eigenvalue weighted by molar-refractivity contribution is 0.295. The molecule has 0 bridgehead atoms. The van der Waals surface area contributed by atoms with Crippen molar-refractivity contribution in [1.82, 2.24) is 0 Å². The molecule has 1 heterocycles. The lowest BCUT2D eigenvalue weighted by Crippen LogP contribution is -2.01. The van der Waals surface area contributed by atoms with Gasteiger partial charge in [0.1, 0.15) is 5.58 Å². The molecular formula is C13H13BrO4. The second-order valence-corrected chi connectivity index (χ2v) is 4.48. The van der Waals surface area contributed by atoms with Crippen molar-refractivity contribution in [1.29, 1.82) is 0 Å². The summed E-state index contributed by atoms with van der Waals surface area (Å²) in [5.74, 6) is 1.21. The quantitative estimate of drug-likeness (QED) is 0.484. The second-order valence-electron chi connectivity index (χ2n) is 3.69. The molecule has 0 saturated heterocycles. The van der Waals surface area contributed by atoms with E-state index in [9.17, 15) is 4.79 Å². The molecule has 0 spiro atoms. The zero-order chi connectivity index (χ0) is 13.0. The molecule has 4 nitrogen and oxygen atoms in total. The van der Waals surface area contributed by atoms with Gasteiger partial charge in [-0.2, -0.15) is 0 Å². The van der Waals surface area contributed by atoms with Gasteiger partial charge in [0.15, 0.2) is 11.5 Å². The molecule has 0 radical (unpaired) electrons. The molecule has 0 aliphatic rings. The van der Waals surface area contributed by atoms with E-state index < -0.39 is 0 Å². The summed E-state index contributed by atoms with van der Waals surface area (Å²) in [6, 6.07) is 6.56. The van der Waals surface area contributed by atoms with Crippen LogP contribution in [0.5, 0.6) is 11.5 Å². The van der Waals surface area contributed by atoms with Gasteiger partial charge in [0, 0.05) is 22.8 Å². The molecule has 0 atom stereocenters. The van der Waals surface area contributed by atoms with E-state index in [0.717, 1.165) is 17.1 Å². The zero-order valence-electron chi connectivity index (χ0n) is 9.94. The Morgan fingerprint density at radius 3 is 2.83 bits per heavy atom. The van der Waals surface area contributed by atoms with Crippen LogP contribution in [0.4, 0.5) is 0 Å². The van der Waals surface area contributed by atoms with E-state index in [1.54, 1.807) is 25.3 Å². The Kier molecular flexibility index (Phi) is 4.25. The van der Waals surface area contributed by atoms with Gasteiger partial charge in [-0.3, -0.25) is 0 Å². The molecule has 5 heteroatoms. The van der Waals surface area contributed by atoms with Gasteiger partial charge >= 0.3 is 5.63 Å². The van der Waals surface area contributed by atoms with Gasteiger partial charge < -0.3 is 13.9 Å². The van der Waals surface area contributed by atoms with Gasteiger partial charge in [-0.1, -0.05) is 15.9 Å². The highest BCUT2D eigenvalue weighted by Gasteiger charge is 2.08. The molecule has 96 valence electrons. The minimum absolute atomic E-state index is 0.376. The molecule has 1 aromatic heterocycles. The van der Waals surface area contributed by atoms with Crippen molar-refractivity contribution in [3.8, 4) is 11.5 Å². The number of halogens is 1. The van der Waals surface area contributed by atoms with Gasteiger partial charge in [0.25, 0.3) is 0 Å². The fourth-order valence-corrected chi connectivity index (χ4v) is 1.81. The molecule has 2 rings (SSSR count). The maximum Gasteiger partial charge on any atom is 0.336 e. The number of hydrogen-bond donors (Lipinski definition) is 0. The third-order valence-corrected chi connectivity index (χ3v) is 3.00.